The minimum atomic E-state index is -0.880. The number of esters is 1. The van der Waals surface area contributed by atoms with Crippen LogP contribution in [0.1, 0.15) is 51.0 Å². The van der Waals surface area contributed by atoms with Crippen molar-refractivity contribution in [3.8, 4) is 0 Å². The van der Waals surface area contributed by atoms with Crippen LogP contribution in [0.2, 0.25) is 0 Å². The van der Waals surface area contributed by atoms with E-state index < -0.39 is 5.54 Å². The zero-order valence-electron chi connectivity index (χ0n) is 14.0. The molecule has 1 aromatic rings. The normalized spacial score (nSPS) is 16.8. The molecule has 1 fully saturated rings. The van der Waals surface area contributed by atoms with Crippen LogP contribution in [0.3, 0.4) is 0 Å². The van der Waals surface area contributed by atoms with E-state index in [9.17, 15) is 14.0 Å². The number of rotatable bonds is 6. The lowest BCUT2D eigenvalue weighted by molar-refractivity contribution is -0.155. The van der Waals surface area contributed by atoms with Gasteiger partial charge in [0.05, 0.1) is 6.61 Å². The lowest BCUT2D eigenvalue weighted by Gasteiger charge is -2.35. The van der Waals surface area contributed by atoms with Gasteiger partial charge < -0.3 is 10.1 Å². The molecule has 0 atom stereocenters. The monoisotopic (exact) mass is 333 g/mol. The molecule has 0 aromatic heterocycles. The van der Waals surface area contributed by atoms with Crippen LogP contribution in [0.15, 0.2) is 30.3 Å². The molecule has 1 aliphatic carbocycles. The van der Waals surface area contributed by atoms with Crippen molar-refractivity contribution in [2.75, 3.05) is 6.61 Å². The summed E-state index contributed by atoms with van der Waals surface area (Å²) >= 11 is 0. The molecule has 24 heavy (non-hydrogen) atoms. The molecule has 0 heterocycles. The Morgan fingerprint density at radius 2 is 1.88 bits per heavy atom. The molecule has 2 rings (SSSR count). The molecule has 130 valence electrons. The SMILES string of the molecule is CCOC(=O)C1(NC(=O)C/C=C/c2ccc(F)cc2)CCCCC1. The number of hydrogen-bond donors (Lipinski definition) is 1. The average molecular weight is 333 g/mol. The van der Waals surface area contributed by atoms with E-state index in [0.717, 1.165) is 24.8 Å². The fourth-order valence-corrected chi connectivity index (χ4v) is 3.00. The van der Waals surface area contributed by atoms with Gasteiger partial charge in [-0.05, 0) is 37.5 Å². The summed E-state index contributed by atoms with van der Waals surface area (Å²) in [5, 5.41) is 2.89. The summed E-state index contributed by atoms with van der Waals surface area (Å²) in [5.74, 6) is -0.831. The number of amides is 1. The molecule has 0 aliphatic heterocycles. The third kappa shape index (κ3) is 4.91. The Labute approximate surface area is 142 Å². The van der Waals surface area contributed by atoms with Crippen LogP contribution in [-0.2, 0) is 14.3 Å². The first kappa shape index (κ1) is 18.2. The highest BCUT2D eigenvalue weighted by atomic mass is 19.1. The van der Waals surface area contributed by atoms with Gasteiger partial charge in [-0.3, -0.25) is 4.79 Å². The first-order valence-corrected chi connectivity index (χ1v) is 8.46. The molecule has 0 saturated heterocycles. The van der Waals surface area contributed by atoms with Crippen LogP contribution in [0.4, 0.5) is 4.39 Å². The molecule has 1 aromatic carbocycles. The summed E-state index contributed by atoms with van der Waals surface area (Å²) in [6.45, 7) is 2.07. The summed E-state index contributed by atoms with van der Waals surface area (Å²) in [7, 11) is 0. The van der Waals surface area contributed by atoms with E-state index in [1.165, 1.54) is 12.1 Å². The Morgan fingerprint density at radius 3 is 2.50 bits per heavy atom. The van der Waals surface area contributed by atoms with E-state index in [0.29, 0.717) is 19.4 Å². The molecule has 1 saturated carbocycles. The smallest absolute Gasteiger partial charge is 0.331 e. The van der Waals surface area contributed by atoms with Gasteiger partial charge in [0.15, 0.2) is 0 Å². The van der Waals surface area contributed by atoms with Crippen molar-refractivity contribution in [1.29, 1.82) is 0 Å². The quantitative estimate of drug-likeness (QED) is 0.809. The molecule has 1 aliphatic rings. The van der Waals surface area contributed by atoms with Crippen molar-refractivity contribution in [2.24, 2.45) is 0 Å². The minimum Gasteiger partial charge on any atom is -0.464 e. The lowest BCUT2D eigenvalue weighted by atomic mass is 9.81. The van der Waals surface area contributed by atoms with Gasteiger partial charge in [0.25, 0.3) is 0 Å². The Morgan fingerprint density at radius 1 is 1.21 bits per heavy atom. The van der Waals surface area contributed by atoms with Crippen molar-refractivity contribution in [3.63, 3.8) is 0 Å². The molecule has 0 unspecified atom stereocenters. The number of nitrogens with one attached hydrogen (secondary N) is 1. The predicted octanol–water partition coefficient (Wildman–Crippen LogP) is 3.61. The standard InChI is InChI=1S/C19H24FNO3/c1-2-24-18(23)19(13-4-3-5-14-19)21-17(22)8-6-7-15-9-11-16(20)12-10-15/h6-7,9-12H,2-5,8,13-14H2,1H3,(H,21,22)/b7-6+. The third-order valence-corrected chi connectivity index (χ3v) is 4.24. The van der Waals surface area contributed by atoms with E-state index in [1.807, 2.05) is 0 Å². The van der Waals surface area contributed by atoms with Gasteiger partial charge in [0.1, 0.15) is 11.4 Å². The molecule has 1 amide bonds. The van der Waals surface area contributed by atoms with Crippen molar-refractivity contribution in [2.45, 2.75) is 51.0 Å². The van der Waals surface area contributed by atoms with Crippen molar-refractivity contribution >= 4 is 18.0 Å². The first-order chi connectivity index (χ1) is 11.6. The Balaban J connectivity index is 1.95. The Kier molecular flexibility index (Phi) is 6.53. The molecular formula is C19H24FNO3. The van der Waals surface area contributed by atoms with Crippen LogP contribution in [0.25, 0.3) is 6.08 Å². The van der Waals surface area contributed by atoms with Crippen LogP contribution in [0.5, 0.6) is 0 Å². The van der Waals surface area contributed by atoms with E-state index in [-0.39, 0.29) is 24.1 Å². The number of halogens is 1. The summed E-state index contributed by atoms with van der Waals surface area (Å²) in [6.07, 6.45) is 7.77. The maximum Gasteiger partial charge on any atom is 0.331 e. The van der Waals surface area contributed by atoms with Crippen LogP contribution in [0, 0.1) is 5.82 Å². The van der Waals surface area contributed by atoms with Gasteiger partial charge in [0, 0.05) is 6.42 Å². The second-order valence-electron chi connectivity index (χ2n) is 6.07. The summed E-state index contributed by atoms with van der Waals surface area (Å²) in [5.41, 5.74) is -0.0586. The van der Waals surface area contributed by atoms with E-state index in [4.69, 9.17) is 4.74 Å². The average Bonchev–Trinajstić information content (AvgIpc) is 2.58. The fraction of sp³-hybridized carbons (Fsp3) is 0.474. The van der Waals surface area contributed by atoms with Crippen LogP contribution >= 0.6 is 0 Å². The summed E-state index contributed by atoms with van der Waals surface area (Å²) < 4.78 is 18.0. The second-order valence-corrected chi connectivity index (χ2v) is 6.07. The number of benzene rings is 1. The highest BCUT2D eigenvalue weighted by molar-refractivity contribution is 5.89. The zero-order chi connectivity index (χ0) is 17.4. The van der Waals surface area contributed by atoms with Crippen molar-refractivity contribution < 1.29 is 18.7 Å². The second kappa shape index (κ2) is 8.62. The molecule has 1 N–H and O–H groups in total. The Bertz CT molecular complexity index is 589. The zero-order valence-corrected chi connectivity index (χ0v) is 14.0. The topological polar surface area (TPSA) is 55.4 Å². The number of carbonyl (C=O) groups excluding carboxylic acids is 2. The summed E-state index contributed by atoms with van der Waals surface area (Å²) in [6, 6.07) is 6.03. The predicted molar refractivity (Wildman–Crippen MR) is 90.6 cm³/mol. The lowest BCUT2D eigenvalue weighted by Crippen LogP contribution is -2.56. The third-order valence-electron chi connectivity index (χ3n) is 4.24. The highest BCUT2D eigenvalue weighted by Gasteiger charge is 2.41. The van der Waals surface area contributed by atoms with E-state index in [1.54, 1.807) is 31.2 Å². The number of hydrogen-bond acceptors (Lipinski definition) is 3. The van der Waals surface area contributed by atoms with E-state index >= 15 is 0 Å². The highest BCUT2D eigenvalue weighted by Crippen LogP contribution is 2.29. The van der Waals surface area contributed by atoms with Gasteiger partial charge in [-0.25, -0.2) is 9.18 Å². The maximum atomic E-state index is 12.8. The number of carbonyl (C=O) groups is 2. The summed E-state index contributed by atoms with van der Waals surface area (Å²) in [4.78, 5) is 24.5. The minimum absolute atomic E-state index is 0.165. The molecule has 5 heteroatoms. The maximum absolute atomic E-state index is 12.8. The molecule has 0 radical (unpaired) electrons. The molecule has 4 nitrogen and oxygen atoms in total. The largest absolute Gasteiger partial charge is 0.464 e. The van der Waals surface area contributed by atoms with Crippen molar-refractivity contribution in [3.05, 3.63) is 41.7 Å². The van der Waals surface area contributed by atoms with Gasteiger partial charge >= 0.3 is 5.97 Å². The molecule has 0 spiro atoms. The van der Waals surface area contributed by atoms with Gasteiger partial charge in [-0.2, -0.15) is 0 Å². The fourth-order valence-electron chi connectivity index (χ4n) is 3.00. The van der Waals surface area contributed by atoms with Gasteiger partial charge in [-0.15, -0.1) is 0 Å². The molecular weight excluding hydrogens is 309 g/mol. The number of ether oxygens (including phenoxy) is 1. The van der Waals surface area contributed by atoms with Gasteiger partial charge in [0.2, 0.25) is 5.91 Å². The van der Waals surface area contributed by atoms with Gasteiger partial charge in [-0.1, -0.05) is 43.5 Å². The first-order valence-electron chi connectivity index (χ1n) is 8.46. The Hall–Kier alpha value is -2.17. The van der Waals surface area contributed by atoms with Crippen LogP contribution in [-0.4, -0.2) is 24.0 Å². The van der Waals surface area contributed by atoms with Crippen molar-refractivity contribution in [1.82, 2.24) is 5.32 Å². The molecule has 0 bridgehead atoms. The van der Waals surface area contributed by atoms with Crippen LogP contribution < -0.4 is 5.32 Å². The van der Waals surface area contributed by atoms with E-state index in [2.05, 4.69) is 5.32 Å².